The lowest BCUT2D eigenvalue weighted by Crippen LogP contribution is -2.36. The molecule has 88 valence electrons. The molecule has 5 heteroatoms. The van der Waals surface area contributed by atoms with E-state index in [0.29, 0.717) is 18.2 Å². The van der Waals surface area contributed by atoms with E-state index in [1.807, 2.05) is 0 Å². The highest BCUT2D eigenvalue weighted by atomic mass is 16.6. The average molecular weight is 224 g/mol. The van der Waals surface area contributed by atoms with E-state index in [0.717, 1.165) is 19.1 Å². The normalized spacial score (nSPS) is 32.5. The van der Waals surface area contributed by atoms with Gasteiger partial charge >= 0.3 is 0 Å². The number of hydrogen-bond acceptors (Lipinski definition) is 4. The highest BCUT2D eigenvalue weighted by Gasteiger charge is 2.35. The summed E-state index contributed by atoms with van der Waals surface area (Å²) < 4.78 is 11.3. The molecular weight excluding hydrogens is 208 g/mol. The van der Waals surface area contributed by atoms with E-state index >= 15 is 0 Å². The number of aliphatic imine (C=N–C) groups is 1. The number of allylic oxidation sites excluding steroid dienone is 1. The maximum absolute atomic E-state index is 10.6. The van der Waals surface area contributed by atoms with Crippen LogP contribution in [0.1, 0.15) is 19.8 Å². The van der Waals surface area contributed by atoms with Crippen molar-refractivity contribution in [3.8, 4) is 0 Å². The Morgan fingerprint density at radius 2 is 2.38 bits per heavy atom. The Kier molecular flexibility index (Phi) is 3.24. The molecule has 2 fully saturated rings. The van der Waals surface area contributed by atoms with Crippen LogP contribution in [-0.2, 0) is 14.3 Å². The van der Waals surface area contributed by atoms with Gasteiger partial charge in [0.05, 0.1) is 6.10 Å². The molecule has 0 N–H and O–H groups in total. The van der Waals surface area contributed by atoms with Gasteiger partial charge in [-0.25, -0.2) is 4.99 Å². The first-order chi connectivity index (χ1) is 7.74. The lowest BCUT2D eigenvalue weighted by molar-refractivity contribution is -0.104. The Bertz CT molecular complexity index is 338. The molecule has 0 amide bonds. The standard InChI is InChI=1S/C11H16N2O3/c1-8(6-14)5-13-10-4-3-9(16-10)7-15-11(13)12-2/h5-6,9-10H,3-4,7H2,1-2H3/b8-5-,12-11?. The lowest BCUT2D eigenvalue weighted by Gasteiger charge is -2.25. The van der Waals surface area contributed by atoms with Gasteiger partial charge in [-0.2, -0.15) is 0 Å². The van der Waals surface area contributed by atoms with Gasteiger partial charge in [0.1, 0.15) is 19.1 Å². The summed E-state index contributed by atoms with van der Waals surface area (Å²) in [5.74, 6) is 0. The van der Waals surface area contributed by atoms with Gasteiger partial charge in [0, 0.05) is 18.8 Å². The fourth-order valence-corrected chi connectivity index (χ4v) is 1.95. The molecule has 0 aromatic rings. The highest BCUT2D eigenvalue weighted by Crippen LogP contribution is 2.27. The van der Waals surface area contributed by atoms with Crippen LogP contribution in [-0.4, -0.2) is 43.2 Å². The van der Waals surface area contributed by atoms with E-state index in [2.05, 4.69) is 4.99 Å². The van der Waals surface area contributed by atoms with Crippen molar-refractivity contribution in [1.82, 2.24) is 4.90 Å². The summed E-state index contributed by atoms with van der Waals surface area (Å²) in [6, 6.07) is 0.522. The minimum Gasteiger partial charge on any atom is -0.462 e. The summed E-state index contributed by atoms with van der Waals surface area (Å²) in [5.41, 5.74) is 0.624. The van der Waals surface area contributed by atoms with Gasteiger partial charge in [-0.15, -0.1) is 0 Å². The Labute approximate surface area is 94.7 Å². The van der Waals surface area contributed by atoms with Crippen LogP contribution in [0.15, 0.2) is 16.8 Å². The number of amidine groups is 1. The van der Waals surface area contributed by atoms with Crippen molar-refractivity contribution >= 4 is 12.3 Å². The molecule has 0 spiro atoms. The monoisotopic (exact) mass is 224 g/mol. The summed E-state index contributed by atoms with van der Waals surface area (Å²) in [7, 11) is 1.67. The van der Waals surface area contributed by atoms with Gasteiger partial charge in [0.15, 0.2) is 0 Å². The molecule has 0 saturated carbocycles. The Balaban J connectivity index is 2.25. The number of hydrogen-bond donors (Lipinski definition) is 0. The minimum absolute atomic E-state index is 0.0545. The molecular formula is C11H16N2O3. The third-order valence-electron chi connectivity index (χ3n) is 2.73. The zero-order chi connectivity index (χ0) is 11.5. The molecule has 2 aliphatic rings. The van der Waals surface area contributed by atoms with Gasteiger partial charge in [0.25, 0.3) is 6.02 Å². The van der Waals surface area contributed by atoms with Crippen LogP contribution in [0.2, 0.25) is 0 Å². The van der Waals surface area contributed by atoms with Gasteiger partial charge in [-0.05, 0) is 19.8 Å². The molecule has 16 heavy (non-hydrogen) atoms. The molecule has 2 atom stereocenters. The van der Waals surface area contributed by atoms with Crippen LogP contribution >= 0.6 is 0 Å². The van der Waals surface area contributed by atoms with Crippen LogP contribution in [0.5, 0.6) is 0 Å². The van der Waals surface area contributed by atoms with Gasteiger partial charge in [-0.1, -0.05) is 0 Å². The second kappa shape index (κ2) is 4.65. The van der Waals surface area contributed by atoms with E-state index in [9.17, 15) is 4.79 Å². The van der Waals surface area contributed by atoms with Crippen molar-refractivity contribution < 1.29 is 14.3 Å². The molecule has 2 unspecified atom stereocenters. The quantitative estimate of drug-likeness (QED) is 0.517. The molecule has 0 aromatic carbocycles. The highest BCUT2D eigenvalue weighted by molar-refractivity contribution is 5.78. The molecule has 5 nitrogen and oxygen atoms in total. The van der Waals surface area contributed by atoms with E-state index in [1.54, 1.807) is 25.1 Å². The first-order valence-electron chi connectivity index (χ1n) is 5.41. The van der Waals surface area contributed by atoms with E-state index in [1.165, 1.54) is 0 Å². The van der Waals surface area contributed by atoms with E-state index in [-0.39, 0.29) is 12.3 Å². The zero-order valence-electron chi connectivity index (χ0n) is 9.55. The number of aldehydes is 1. The smallest absolute Gasteiger partial charge is 0.293 e. The third-order valence-corrected chi connectivity index (χ3v) is 2.73. The van der Waals surface area contributed by atoms with Crippen LogP contribution < -0.4 is 0 Å². The number of carbonyl (C=O) groups is 1. The number of carbonyl (C=O) groups excluding carboxylic acids is 1. The third kappa shape index (κ3) is 2.09. The molecule has 0 radical (unpaired) electrons. The topological polar surface area (TPSA) is 51.1 Å². The van der Waals surface area contributed by atoms with Crippen LogP contribution in [0.3, 0.4) is 0 Å². The van der Waals surface area contributed by atoms with Crippen LogP contribution in [0.25, 0.3) is 0 Å². The molecule has 2 heterocycles. The van der Waals surface area contributed by atoms with E-state index in [4.69, 9.17) is 9.47 Å². The second-order valence-corrected chi connectivity index (χ2v) is 4.01. The minimum atomic E-state index is -0.0545. The summed E-state index contributed by atoms with van der Waals surface area (Å²) in [6.45, 7) is 2.28. The Hall–Kier alpha value is -1.36. The van der Waals surface area contributed by atoms with Gasteiger partial charge in [0.2, 0.25) is 0 Å². The van der Waals surface area contributed by atoms with Crippen molar-refractivity contribution in [3.05, 3.63) is 11.8 Å². The molecule has 2 bridgehead atoms. The van der Waals surface area contributed by atoms with Crippen molar-refractivity contribution in [2.24, 2.45) is 4.99 Å². The molecule has 2 aliphatic heterocycles. The number of ether oxygens (including phenoxy) is 2. The SMILES string of the molecule is CN=C1OCC2CCC(O2)N1/C=C(/C)C=O. The van der Waals surface area contributed by atoms with Gasteiger partial charge in [-0.3, -0.25) is 9.69 Å². The summed E-state index contributed by atoms with van der Waals surface area (Å²) in [6.07, 6.45) is 4.57. The largest absolute Gasteiger partial charge is 0.462 e. The van der Waals surface area contributed by atoms with E-state index < -0.39 is 0 Å². The second-order valence-electron chi connectivity index (χ2n) is 4.01. The molecule has 0 aliphatic carbocycles. The average Bonchev–Trinajstić information content (AvgIpc) is 2.68. The fraction of sp³-hybridized carbons (Fsp3) is 0.636. The van der Waals surface area contributed by atoms with Crippen molar-refractivity contribution in [2.45, 2.75) is 32.1 Å². The summed E-state index contributed by atoms with van der Waals surface area (Å²) >= 11 is 0. The maximum Gasteiger partial charge on any atom is 0.293 e. The Morgan fingerprint density at radius 3 is 3.06 bits per heavy atom. The van der Waals surface area contributed by atoms with Crippen molar-refractivity contribution in [1.29, 1.82) is 0 Å². The maximum atomic E-state index is 10.6. The predicted octanol–water partition coefficient (Wildman–Crippen LogP) is 0.912. The molecule has 2 saturated heterocycles. The molecule has 2 rings (SSSR count). The van der Waals surface area contributed by atoms with Crippen LogP contribution in [0.4, 0.5) is 0 Å². The Morgan fingerprint density at radius 1 is 1.56 bits per heavy atom. The first kappa shape index (κ1) is 11.1. The van der Waals surface area contributed by atoms with Gasteiger partial charge < -0.3 is 9.47 Å². The zero-order valence-corrected chi connectivity index (χ0v) is 9.55. The number of rotatable bonds is 2. The summed E-state index contributed by atoms with van der Waals surface area (Å²) in [5, 5.41) is 0. The lowest BCUT2D eigenvalue weighted by atomic mass is 10.2. The first-order valence-corrected chi connectivity index (χ1v) is 5.41. The van der Waals surface area contributed by atoms with Crippen molar-refractivity contribution in [2.75, 3.05) is 13.7 Å². The number of nitrogens with zero attached hydrogens (tertiary/aromatic N) is 2. The predicted molar refractivity (Wildman–Crippen MR) is 58.9 cm³/mol. The molecule has 0 aromatic heterocycles. The fourth-order valence-electron chi connectivity index (χ4n) is 1.95. The van der Waals surface area contributed by atoms with Crippen molar-refractivity contribution in [3.63, 3.8) is 0 Å². The number of fused-ring (bicyclic) bond motifs is 2. The summed E-state index contributed by atoms with van der Waals surface area (Å²) in [4.78, 5) is 16.5. The van der Waals surface area contributed by atoms with Crippen LogP contribution in [0, 0.1) is 0 Å².